The first kappa shape index (κ1) is 12.8. The summed E-state index contributed by atoms with van der Waals surface area (Å²) in [5, 5.41) is 3.63. The van der Waals surface area contributed by atoms with Crippen molar-refractivity contribution in [3.05, 3.63) is 35.6 Å². The van der Waals surface area contributed by atoms with Crippen LogP contribution in [0.1, 0.15) is 24.8 Å². The largest absolute Gasteiger partial charge is 0.313 e. The topological polar surface area (TPSA) is 12.0 Å². The Morgan fingerprint density at radius 1 is 1.18 bits per heavy atom. The van der Waals surface area contributed by atoms with Gasteiger partial charge < -0.3 is 5.32 Å². The zero-order valence-electron chi connectivity index (χ0n) is 9.86. The summed E-state index contributed by atoms with van der Waals surface area (Å²) < 4.78 is 12.8. The van der Waals surface area contributed by atoms with Gasteiger partial charge in [0.1, 0.15) is 5.82 Å². The molecule has 0 aromatic heterocycles. The van der Waals surface area contributed by atoms with Crippen LogP contribution in [0.15, 0.2) is 24.3 Å². The lowest BCUT2D eigenvalue weighted by molar-refractivity contribution is 0.137. The maximum absolute atomic E-state index is 12.8. The molecule has 1 aliphatic carbocycles. The van der Waals surface area contributed by atoms with Crippen molar-refractivity contribution in [3.8, 4) is 0 Å². The molecule has 1 nitrogen and oxygen atoms in total. The van der Waals surface area contributed by atoms with E-state index in [1.807, 2.05) is 12.1 Å². The minimum absolute atomic E-state index is 0. The summed E-state index contributed by atoms with van der Waals surface area (Å²) in [6.45, 7) is 1.21. The van der Waals surface area contributed by atoms with Crippen molar-refractivity contribution in [1.82, 2.24) is 5.32 Å². The lowest BCUT2D eigenvalue weighted by Crippen LogP contribution is -2.50. The van der Waals surface area contributed by atoms with Gasteiger partial charge in [0.2, 0.25) is 0 Å². The summed E-state index contributed by atoms with van der Waals surface area (Å²) in [6, 6.07) is 7.71. The number of piperidine rings is 2. The Kier molecular flexibility index (Phi) is 4.05. The molecule has 3 atom stereocenters. The van der Waals surface area contributed by atoms with Gasteiger partial charge in [0.25, 0.3) is 0 Å². The Labute approximate surface area is 108 Å². The van der Waals surface area contributed by atoms with Gasteiger partial charge >= 0.3 is 0 Å². The molecule has 4 rings (SSSR count). The molecular weight excluding hydrogens is 237 g/mol. The van der Waals surface area contributed by atoms with Crippen molar-refractivity contribution in [2.75, 3.05) is 6.54 Å². The highest BCUT2D eigenvalue weighted by molar-refractivity contribution is 5.85. The monoisotopic (exact) mass is 255 g/mol. The zero-order valence-corrected chi connectivity index (χ0v) is 10.7. The van der Waals surface area contributed by atoms with Crippen LogP contribution in [-0.2, 0) is 6.42 Å². The van der Waals surface area contributed by atoms with Gasteiger partial charge in [-0.2, -0.15) is 0 Å². The van der Waals surface area contributed by atoms with Crippen LogP contribution >= 0.6 is 12.4 Å². The summed E-state index contributed by atoms with van der Waals surface area (Å²) in [5.74, 6) is 1.51. The predicted molar refractivity (Wildman–Crippen MR) is 70.0 cm³/mol. The van der Waals surface area contributed by atoms with Crippen molar-refractivity contribution < 1.29 is 4.39 Å². The third kappa shape index (κ3) is 2.80. The van der Waals surface area contributed by atoms with E-state index in [4.69, 9.17) is 0 Å². The molecule has 3 heteroatoms. The molecule has 3 fully saturated rings. The van der Waals surface area contributed by atoms with Crippen molar-refractivity contribution >= 4 is 12.4 Å². The second-order valence-electron chi connectivity index (χ2n) is 5.28. The van der Waals surface area contributed by atoms with E-state index in [2.05, 4.69) is 5.32 Å². The highest BCUT2D eigenvalue weighted by Crippen LogP contribution is 2.35. The maximum Gasteiger partial charge on any atom is 0.123 e. The van der Waals surface area contributed by atoms with Gasteiger partial charge in [0.15, 0.2) is 0 Å². The van der Waals surface area contributed by atoms with E-state index in [0.29, 0.717) is 6.04 Å². The van der Waals surface area contributed by atoms with Gasteiger partial charge in [0.05, 0.1) is 0 Å². The van der Waals surface area contributed by atoms with Gasteiger partial charge in [-0.1, -0.05) is 12.1 Å². The third-order valence-corrected chi connectivity index (χ3v) is 4.17. The first-order valence-electron chi connectivity index (χ1n) is 6.29. The summed E-state index contributed by atoms with van der Waals surface area (Å²) in [5.41, 5.74) is 1.28. The molecular formula is C14H19ClFN. The predicted octanol–water partition coefficient (Wildman–Crippen LogP) is 3.18. The van der Waals surface area contributed by atoms with Crippen LogP contribution in [0, 0.1) is 17.7 Å². The highest BCUT2D eigenvalue weighted by Gasteiger charge is 2.34. The van der Waals surface area contributed by atoms with Crippen molar-refractivity contribution in [2.24, 2.45) is 11.8 Å². The van der Waals surface area contributed by atoms with Crippen molar-refractivity contribution in [3.63, 3.8) is 0 Å². The van der Waals surface area contributed by atoms with Gasteiger partial charge in [-0.15, -0.1) is 12.4 Å². The first-order valence-corrected chi connectivity index (χ1v) is 6.29. The fourth-order valence-corrected chi connectivity index (χ4v) is 3.28. The molecule has 2 aliphatic heterocycles. The lowest BCUT2D eigenvalue weighted by Gasteiger charge is -2.43. The minimum Gasteiger partial charge on any atom is -0.313 e. The minimum atomic E-state index is -0.132. The fraction of sp³-hybridized carbons (Fsp3) is 0.571. The molecule has 0 unspecified atom stereocenters. The summed E-state index contributed by atoms with van der Waals surface area (Å²) in [7, 11) is 0. The molecule has 0 radical (unpaired) electrons. The number of hydrogen-bond acceptors (Lipinski definition) is 1. The zero-order chi connectivity index (χ0) is 11.0. The Balaban J connectivity index is 0.00000108. The van der Waals surface area contributed by atoms with Crippen LogP contribution in [-0.4, -0.2) is 12.6 Å². The van der Waals surface area contributed by atoms with Gasteiger partial charge in [-0.25, -0.2) is 4.39 Å². The number of hydrogen-bond donors (Lipinski definition) is 1. The average molecular weight is 256 g/mol. The first-order chi connectivity index (χ1) is 7.81. The third-order valence-electron chi connectivity index (χ3n) is 4.17. The number of rotatable bonds is 2. The van der Waals surface area contributed by atoms with Gasteiger partial charge in [-0.3, -0.25) is 0 Å². The van der Waals surface area contributed by atoms with Crippen LogP contribution in [0.4, 0.5) is 4.39 Å². The standard InChI is InChI=1S/C14H18FN.ClH/c15-13-4-1-10(2-5-13)7-12-8-11-3-6-14(12)16-9-11;/h1-2,4-5,11-12,14,16H,3,6-9H2;1H/t11-,12-,14+;/m1./s1. The molecule has 3 aliphatic rings. The molecule has 17 heavy (non-hydrogen) atoms. The molecule has 0 amide bonds. The number of fused-ring (bicyclic) bond motifs is 3. The molecule has 2 saturated heterocycles. The molecule has 94 valence electrons. The molecule has 1 aromatic rings. The average Bonchev–Trinajstić information content (AvgIpc) is 2.34. The van der Waals surface area contributed by atoms with E-state index in [0.717, 1.165) is 18.3 Å². The second kappa shape index (κ2) is 5.36. The lowest BCUT2D eigenvalue weighted by atomic mass is 9.72. The van der Waals surface area contributed by atoms with E-state index >= 15 is 0 Å². The van der Waals surface area contributed by atoms with E-state index in [-0.39, 0.29) is 18.2 Å². The van der Waals surface area contributed by atoms with Crippen molar-refractivity contribution in [2.45, 2.75) is 31.7 Å². The summed E-state index contributed by atoms with van der Waals surface area (Å²) in [4.78, 5) is 0. The molecule has 2 bridgehead atoms. The molecule has 2 heterocycles. The molecule has 1 aromatic carbocycles. The molecule has 1 saturated carbocycles. The number of nitrogens with one attached hydrogen (secondary N) is 1. The molecule has 0 spiro atoms. The van der Waals surface area contributed by atoms with Crippen molar-refractivity contribution in [1.29, 1.82) is 0 Å². The van der Waals surface area contributed by atoms with E-state index < -0.39 is 0 Å². The van der Waals surface area contributed by atoms with Gasteiger partial charge in [-0.05, 0) is 61.8 Å². The summed E-state index contributed by atoms with van der Waals surface area (Å²) >= 11 is 0. The Morgan fingerprint density at radius 2 is 1.94 bits per heavy atom. The number of benzene rings is 1. The van der Waals surface area contributed by atoms with Crippen LogP contribution < -0.4 is 5.32 Å². The van der Waals surface area contributed by atoms with E-state index in [1.165, 1.54) is 31.4 Å². The van der Waals surface area contributed by atoms with Crippen LogP contribution in [0.25, 0.3) is 0 Å². The smallest absolute Gasteiger partial charge is 0.123 e. The normalized spacial score (nSPS) is 31.0. The SMILES string of the molecule is Cl.Fc1ccc(C[C@@H]2C[C@H]3CC[C@@H]2NC3)cc1. The highest BCUT2D eigenvalue weighted by atomic mass is 35.5. The van der Waals surface area contributed by atoms with Gasteiger partial charge in [0, 0.05) is 6.04 Å². The van der Waals surface area contributed by atoms with E-state index in [1.54, 1.807) is 12.1 Å². The second-order valence-corrected chi connectivity index (χ2v) is 5.28. The maximum atomic E-state index is 12.8. The quantitative estimate of drug-likeness (QED) is 0.856. The van der Waals surface area contributed by atoms with Crippen LogP contribution in [0.3, 0.4) is 0 Å². The Bertz CT molecular complexity index is 357. The summed E-state index contributed by atoms with van der Waals surface area (Å²) in [6.07, 6.45) is 5.19. The number of halogens is 2. The van der Waals surface area contributed by atoms with Crippen LogP contribution in [0.2, 0.25) is 0 Å². The Hall–Kier alpha value is -0.600. The Morgan fingerprint density at radius 3 is 2.47 bits per heavy atom. The fourth-order valence-electron chi connectivity index (χ4n) is 3.28. The van der Waals surface area contributed by atoms with E-state index in [9.17, 15) is 4.39 Å². The molecule has 1 N–H and O–H groups in total. The van der Waals surface area contributed by atoms with Crippen LogP contribution in [0.5, 0.6) is 0 Å².